The van der Waals surface area contributed by atoms with E-state index in [-0.39, 0.29) is 5.75 Å². The van der Waals surface area contributed by atoms with E-state index in [1.165, 1.54) is 11.8 Å². The number of para-hydroxylation sites is 1. The number of rotatable bonds is 2. The van der Waals surface area contributed by atoms with Crippen LogP contribution >= 0.6 is 11.8 Å². The molecule has 0 aliphatic rings. The molecular formula is C12H8N2OS. The highest BCUT2D eigenvalue weighted by atomic mass is 32.2. The minimum Gasteiger partial charge on any atom is -0.507 e. The Kier molecular flexibility index (Phi) is 3.08. The van der Waals surface area contributed by atoms with E-state index < -0.39 is 0 Å². The lowest BCUT2D eigenvalue weighted by atomic mass is 10.3. The van der Waals surface area contributed by atoms with Crippen LogP contribution in [0, 0.1) is 11.3 Å². The molecule has 0 atom stereocenters. The van der Waals surface area contributed by atoms with Gasteiger partial charge in [0.15, 0.2) is 0 Å². The van der Waals surface area contributed by atoms with Crippen molar-refractivity contribution in [2.24, 2.45) is 0 Å². The molecule has 1 heterocycles. The van der Waals surface area contributed by atoms with E-state index >= 15 is 0 Å². The van der Waals surface area contributed by atoms with Crippen LogP contribution in [0.5, 0.6) is 5.75 Å². The summed E-state index contributed by atoms with van der Waals surface area (Å²) in [7, 11) is 0. The van der Waals surface area contributed by atoms with Gasteiger partial charge in [0.25, 0.3) is 0 Å². The van der Waals surface area contributed by atoms with E-state index in [2.05, 4.69) is 11.1 Å². The van der Waals surface area contributed by atoms with Crippen LogP contribution in [0.4, 0.5) is 0 Å². The van der Waals surface area contributed by atoms with Crippen molar-refractivity contribution >= 4 is 11.8 Å². The van der Waals surface area contributed by atoms with Gasteiger partial charge in [-0.05, 0) is 24.3 Å². The molecule has 78 valence electrons. The molecule has 0 saturated heterocycles. The normalized spacial score (nSPS) is 9.69. The van der Waals surface area contributed by atoms with Crippen LogP contribution in [-0.2, 0) is 0 Å². The maximum atomic E-state index is 9.60. The van der Waals surface area contributed by atoms with Gasteiger partial charge in [-0.25, -0.2) is 4.98 Å². The minimum atomic E-state index is 0.196. The van der Waals surface area contributed by atoms with Crippen molar-refractivity contribution < 1.29 is 5.11 Å². The first kappa shape index (κ1) is 10.5. The summed E-state index contributed by atoms with van der Waals surface area (Å²) in [6, 6.07) is 12.5. The Balaban J connectivity index is 2.35. The van der Waals surface area contributed by atoms with Crippen LogP contribution in [0.15, 0.2) is 52.5 Å². The highest BCUT2D eigenvalue weighted by Crippen LogP contribution is 2.34. The number of pyridine rings is 1. The van der Waals surface area contributed by atoms with Crippen molar-refractivity contribution in [3.8, 4) is 11.8 Å². The lowest BCUT2D eigenvalue weighted by molar-refractivity contribution is 0.462. The molecule has 4 heteroatoms. The molecule has 2 aromatic rings. The van der Waals surface area contributed by atoms with Gasteiger partial charge in [0, 0.05) is 6.20 Å². The largest absolute Gasteiger partial charge is 0.507 e. The summed E-state index contributed by atoms with van der Waals surface area (Å²) in [5.74, 6) is 0.196. The maximum Gasteiger partial charge on any atom is 0.129 e. The van der Waals surface area contributed by atoms with E-state index in [9.17, 15) is 5.11 Å². The molecule has 2 rings (SSSR count). The molecule has 3 nitrogen and oxygen atoms in total. The fourth-order valence-corrected chi connectivity index (χ4v) is 2.07. The number of benzene rings is 1. The molecule has 1 N–H and O–H groups in total. The molecule has 0 aliphatic carbocycles. The molecule has 0 saturated carbocycles. The zero-order chi connectivity index (χ0) is 11.4. The summed E-state index contributed by atoms with van der Waals surface area (Å²) in [4.78, 5) is 4.81. The minimum absolute atomic E-state index is 0.196. The van der Waals surface area contributed by atoms with Crippen molar-refractivity contribution in [1.82, 2.24) is 4.98 Å². The van der Waals surface area contributed by atoms with Crippen molar-refractivity contribution in [2.75, 3.05) is 0 Å². The first-order valence-corrected chi connectivity index (χ1v) is 5.44. The highest BCUT2D eigenvalue weighted by molar-refractivity contribution is 7.99. The molecular weight excluding hydrogens is 220 g/mol. The third-order valence-electron chi connectivity index (χ3n) is 1.96. The standard InChI is InChI=1S/C12H8N2OS/c13-8-9-4-3-7-14-12(9)16-11-6-2-1-5-10(11)15/h1-7,15H. The molecule has 1 aromatic heterocycles. The second-order valence-corrected chi connectivity index (χ2v) is 4.07. The molecule has 0 fully saturated rings. The summed E-state index contributed by atoms with van der Waals surface area (Å²) in [6.45, 7) is 0. The summed E-state index contributed by atoms with van der Waals surface area (Å²) in [5.41, 5.74) is 0.510. The zero-order valence-electron chi connectivity index (χ0n) is 8.29. The molecule has 1 aromatic carbocycles. The van der Waals surface area contributed by atoms with Gasteiger partial charge in [-0.1, -0.05) is 23.9 Å². The second-order valence-electron chi connectivity index (χ2n) is 3.04. The Bertz CT molecular complexity index is 549. The Hall–Kier alpha value is -1.99. The van der Waals surface area contributed by atoms with Crippen LogP contribution in [-0.4, -0.2) is 10.1 Å². The second kappa shape index (κ2) is 4.69. The third kappa shape index (κ3) is 2.15. The van der Waals surface area contributed by atoms with E-state index in [0.29, 0.717) is 15.5 Å². The van der Waals surface area contributed by atoms with Gasteiger partial charge >= 0.3 is 0 Å². The van der Waals surface area contributed by atoms with E-state index in [4.69, 9.17) is 5.26 Å². The van der Waals surface area contributed by atoms with Crippen molar-refractivity contribution in [2.45, 2.75) is 9.92 Å². The summed E-state index contributed by atoms with van der Waals surface area (Å²) >= 11 is 1.28. The Labute approximate surface area is 97.4 Å². The van der Waals surface area contributed by atoms with E-state index in [1.54, 1.807) is 36.5 Å². The molecule has 0 aliphatic heterocycles. The Morgan fingerprint density at radius 2 is 2.00 bits per heavy atom. The van der Waals surface area contributed by atoms with Gasteiger partial charge in [-0.15, -0.1) is 0 Å². The Morgan fingerprint density at radius 1 is 1.19 bits per heavy atom. The molecule has 0 spiro atoms. The first-order chi connectivity index (χ1) is 7.81. The fraction of sp³-hybridized carbons (Fsp3) is 0. The van der Waals surface area contributed by atoms with Gasteiger partial charge in [0.05, 0.1) is 10.5 Å². The number of phenolic OH excluding ortho intramolecular Hbond substituents is 1. The number of hydrogen-bond acceptors (Lipinski definition) is 4. The third-order valence-corrected chi connectivity index (χ3v) is 3.05. The predicted molar refractivity (Wildman–Crippen MR) is 61.2 cm³/mol. The van der Waals surface area contributed by atoms with Crippen LogP contribution in [0.1, 0.15) is 5.56 Å². The first-order valence-electron chi connectivity index (χ1n) is 4.62. The van der Waals surface area contributed by atoms with Crippen LogP contribution in [0.3, 0.4) is 0 Å². The van der Waals surface area contributed by atoms with E-state index in [1.807, 2.05) is 6.07 Å². The summed E-state index contributed by atoms with van der Waals surface area (Å²) < 4.78 is 0. The summed E-state index contributed by atoms with van der Waals surface area (Å²) in [6.07, 6.45) is 1.63. The number of aromatic nitrogens is 1. The van der Waals surface area contributed by atoms with Gasteiger partial charge in [-0.2, -0.15) is 5.26 Å². The Morgan fingerprint density at radius 3 is 2.75 bits per heavy atom. The van der Waals surface area contributed by atoms with Crippen molar-refractivity contribution in [1.29, 1.82) is 5.26 Å². The van der Waals surface area contributed by atoms with Crippen LogP contribution in [0.2, 0.25) is 0 Å². The van der Waals surface area contributed by atoms with Crippen molar-refractivity contribution in [3.63, 3.8) is 0 Å². The smallest absolute Gasteiger partial charge is 0.129 e. The van der Waals surface area contributed by atoms with Gasteiger partial charge in [0.2, 0.25) is 0 Å². The quantitative estimate of drug-likeness (QED) is 0.858. The molecule has 16 heavy (non-hydrogen) atoms. The van der Waals surface area contributed by atoms with Crippen LogP contribution < -0.4 is 0 Å². The zero-order valence-corrected chi connectivity index (χ0v) is 9.11. The predicted octanol–water partition coefficient (Wildman–Crippen LogP) is 2.81. The monoisotopic (exact) mass is 228 g/mol. The molecule has 0 amide bonds. The average Bonchev–Trinajstić information content (AvgIpc) is 2.33. The average molecular weight is 228 g/mol. The number of nitriles is 1. The van der Waals surface area contributed by atoms with Gasteiger partial charge in [-0.3, -0.25) is 0 Å². The van der Waals surface area contributed by atoms with Gasteiger partial charge in [0.1, 0.15) is 16.8 Å². The lowest BCUT2D eigenvalue weighted by Gasteiger charge is -2.03. The topological polar surface area (TPSA) is 56.9 Å². The lowest BCUT2D eigenvalue weighted by Crippen LogP contribution is -1.85. The SMILES string of the molecule is N#Cc1cccnc1Sc1ccccc1O. The molecule has 0 unspecified atom stereocenters. The fourth-order valence-electron chi connectivity index (χ4n) is 1.20. The van der Waals surface area contributed by atoms with Crippen molar-refractivity contribution in [3.05, 3.63) is 48.2 Å². The maximum absolute atomic E-state index is 9.60. The molecule has 0 bridgehead atoms. The summed E-state index contributed by atoms with van der Waals surface area (Å²) in [5, 5.41) is 19.1. The number of aromatic hydroxyl groups is 1. The number of hydrogen-bond donors (Lipinski definition) is 1. The number of nitrogens with zero attached hydrogens (tertiary/aromatic N) is 2. The molecule has 0 radical (unpaired) electrons. The number of phenols is 1. The highest BCUT2D eigenvalue weighted by Gasteiger charge is 2.07. The van der Waals surface area contributed by atoms with Gasteiger partial charge < -0.3 is 5.11 Å². The van der Waals surface area contributed by atoms with Crippen LogP contribution in [0.25, 0.3) is 0 Å². The van der Waals surface area contributed by atoms with E-state index in [0.717, 1.165) is 0 Å².